The van der Waals surface area contributed by atoms with Crippen LogP contribution in [0.4, 0.5) is 8.78 Å². The van der Waals surface area contributed by atoms with Crippen molar-refractivity contribution in [3.05, 3.63) is 0 Å². The minimum Gasteiger partial charge on any atom is -0.481 e. The van der Waals surface area contributed by atoms with Crippen molar-refractivity contribution < 1.29 is 28.6 Å². The number of amides is 1. The summed E-state index contributed by atoms with van der Waals surface area (Å²) in [6, 6.07) is 0. The lowest BCUT2D eigenvalue weighted by molar-refractivity contribution is -0.146. The summed E-state index contributed by atoms with van der Waals surface area (Å²) in [6.07, 6.45) is -4.02. The normalized spacial score (nSPS) is 29.3. The van der Waals surface area contributed by atoms with Crippen LogP contribution in [0.2, 0.25) is 0 Å². The Morgan fingerprint density at radius 2 is 1.89 bits per heavy atom. The molecule has 1 aliphatic carbocycles. The number of carbonyl (C=O) groups is 2. The van der Waals surface area contributed by atoms with Gasteiger partial charge >= 0.3 is 5.97 Å². The molecule has 18 heavy (non-hydrogen) atoms. The van der Waals surface area contributed by atoms with Crippen molar-refractivity contribution in [1.82, 2.24) is 5.32 Å². The Hall–Kier alpha value is -1.24. The zero-order valence-corrected chi connectivity index (χ0v) is 9.97. The summed E-state index contributed by atoms with van der Waals surface area (Å²) in [5, 5.41) is 20.0. The number of halogens is 2. The van der Waals surface area contributed by atoms with E-state index in [4.69, 9.17) is 10.2 Å². The molecule has 0 radical (unpaired) electrons. The molecule has 104 valence electrons. The second kappa shape index (κ2) is 6.08. The van der Waals surface area contributed by atoms with Crippen LogP contribution in [0.5, 0.6) is 0 Å². The van der Waals surface area contributed by atoms with E-state index in [9.17, 15) is 18.4 Å². The van der Waals surface area contributed by atoms with Crippen LogP contribution < -0.4 is 5.32 Å². The largest absolute Gasteiger partial charge is 0.481 e. The Kier molecular flexibility index (Phi) is 5.01. The molecule has 4 atom stereocenters. The lowest BCUT2D eigenvalue weighted by Crippen LogP contribution is -2.41. The van der Waals surface area contributed by atoms with Crippen LogP contribution in [0.15, 0.2) is 0 Å². The highest BCUT2D eigenvalue weighted by molar-refractivity contribution is 5.85. The summed E-state index contributed by atoms with van der Waals surface area (Å²) in [5.74, 6) is -2.99. The van der Waals surface area contributed by atoms with Crippen molar-refractivity contribution in [2.24, 2.45) is 17.8 Å². The second-order valence-corrected chi connectivity index (χ2v) is 4.77. The first kappa shape index (κ1) is 14.8. The van der Waals surface area contributed by atoms with Crippen molar-refractivity contribution in [2.45, 2.75) is 32.3 Å². The monoisotopic (exact) mass is 265 g/mol. The van der Waals surface area contributed by atoms with Crippen molar-refractivity contribution in [3.8, 4) is 0 Å². The molecule has 0 aromatic heterocycles. The van der Waals surface area contributed by atoms with Gasteiger partial charge in [0.15, 0.2) is 0 Å². The molecule has 0 saturated heterocycles. The first-order chi connectivity index (χ1) is 8.32. The van der Waals surface area contributed by atoms with E-state index in [1.54, 1.807) is 0 Å². The smallest absolute Gasteiger partial charge is 0.307 e. The number of aliphatic hydroxyl groups excluding tert-OH is 1. The maximum Gasteiger partial charge on any atom is 0.307 e. The Morgan fingerprint density at radius 3 is 2.39 bits per heavy atom. The predicted molar refractivity (Wildman–Crippen MR) is 58.0 cm³/mol. The van der Waals surface area contributed by atoms with Crippen molar-refractivity contribution >= 4 is 11.9 Å². The van der Waals surface area contributed by atoms with Gasteiger partial charge in [-0.2, -0.15) is 0 Å². The van der Waals surface area contributed by atoms with Crippen LogP contribution >= 0.6 is 0 Å². The van der Waals surface area contributed by atoms with Crippen LogP contribution in [0.25, 0.3) is 0 Å². The molecule has 1 rings (SSSR count). The molecule has 1 fully saturated rings. The molecule has 0 aromatic rings. The Balaban J connectivity index is 2.52. The number of alkyl halides is 2. The van der Waals surface area contributed by atoms with E-state index in [-0.39, 0.29) is 5.92 Å². The average Bonchev–Trinajstić information content (AvgIpc) is 2.67. The molecule has 4 unspecified atom stereocenters. The van der Waals surface area contributed by atoms with Gasteiger partial charge in [0.25, 0.3) is 6.43 Å². The molecular formula is C11H17F2NO4. The van der Waals surface area contributed by atoms with Gasteiger partial charge in [0.2, 0.25) is 5.91 Å². The van der Waals surface area contributed by atoms with Gasteiger partial charge in [-0.25, -0.2) is 8.78 Å². The number of hydrogen-bond acceptors (Lipinski definition) is 3. The fourth-order valence-electron chi connectivity index (χ4n) is 2.28. The quantitative estimate of drug-likeness (QED) is 0.674. The third-order valence-corrected chi connectivity index (χ3v) is 3.23. The summed E-state index contributed by atoms with van der Waals surface area (Å²) >= 11 is 0. The molecule has 7 heteroatoms. The topological polar surface area (TPSA) is 86.6 Å². The number of aliphatic hydroxyl groups is 1. The number of aliphatic carboxylic acids is 1. The molecule has 3 N–H and O–H groups in total. The maximum absolute atomic E-state index is 12.0. The number of carbonyl (C=O) groups excluding carboxylic acids is 1. The summed E-state index contributed by atoms with van der Waals surface area (Å²) in [7, 11) is 0. The Bertz CT molecular complexity index is 324. The van der Waals surface area contributed by atoms with E-state index in [1.807, 2.05) is 6.92 Å². The van der Waals surface area contributed by atoms with E-state index in [2.05, 4.69) is 5.32 Å². The summed E-state index contributed by atoms with van der Waals surface area (Å²) < 4.78 is 24.1. The van der Waals surface area contributed by atoms with Crippen molar-refractivity contribution in [3.63, 3.8) is 0 Å². The lowest BCUT2D eigenvalue weighted by Gasteiger charge is -2.17. The fourth-order valence-corrected chi connectivity index (χ4v) is 2.28. The van der Waals surface area contributed by atoms with Gasteiger partial charge in [-0.05, 0) is 18.8 Å². The molecule has 0 aromatic carbocycles. The average molecular weight is 265 g/mol. The molecular weight excluding hydrogens is 248 g/mol. The van der Waals surface area contributed by atoms with Crippen molar-refractivity contribution in [2.75, 3.05) is 6.54 Å². The first-order valence-corrected chi connectivity index (χ1v) is 5.79. The standard InChI is InChI=1S/C11H17F2NO4/c1-5-2-6(7(3-5)11(17)18)10(16)14-4-8(15)9(12)13/h5-9,15H,2-4H2,1H3,(H,14,16)(H,17,18). The maximum atomic E-state index is 12.0. The number of carboxylic acids is 1. The minimum atomic E-state index is -2.93. The zero-order valence-electron chi connectivity index (χ0n) is 9.97. The number of hydrogen-bond donors (Lipinski definition) is 3. The van der Waals surface area contributed by atoms with Crippen LogP contribution in [-0.4, -0.2) is 41.2 Å². The molecule has 1 aliphatic rings. The minimum absolute atomic E-state index is 0.113. The predicted octanol–water partition coefficient (Wildman–Crippen LogP) is 0.475. The van der Waals surface area contributed by atoms with Gasteiger partial charge < -0.3 is 15.5 Å². The summed E-state index contributed by atoms with van der Waals surface area (Å²) in [4.78, 5) is 22.7. The van der Waals surface area contributed by atoms with Gasteiger partial charge in [0.1, 0.15) is 6.10 Å². The van der Waals surface area contributed by atoms with Gasteiger partial charge in [-0.15, -0.1) is 0 Å². The van der Waals surface area contributed by atoms with Gasteiger partial charge in [0.05, 0.1) is 11.8 Å². The van der Waals surface area contributed by atoms with Gasteiger partial charge in [0, 0.05) is 6.54 Å². The summed E-state index contributed by atoms with van der Waals surface area (Å²) in [5.41, 5.74) is 0. The highest BCUT2D eigenvalue weighted by Gasteiger charge is 2.41. The SMILES string of the molecule is CC1CC(C(=O)O)C(C(=O)NCC(O)C(F)F)C1. The summed E-state index contributed by atoms with van der Waals surface area (Å²) in [6.45, 7) is 1.28. The molecule has 5 nitrogen and oxygen atoms in total. The van der Waals surface area contributed by atoms with Gasteiger partial charge in [-0.1, -0.05) is 6.92 Å². The lowest BCUT2D eigenvalue weighted by atomic mass is 9.95. The number of rotatable bonds is 5. The third kappa shape index (κ3) is 3.63. The molecule has 0 heterocycles. The Morgan fingerprint density at radius 1 is 1.33 bits per heavy atom. The van der Waals surface area contributed by atoms with E-state index < -0.39 is 42.8 Å². The van der Waals surface area contributed by atoms with Crippen LogP contribution in [0, 0.1) is 17.8 Å². The van der Waals surface area contributed by atoms with E-state index >= 15 is 0 Å². The van der Waals surface area contributed by atoms with E-state index in [0.29, 0.717) is 12.8 Å². The van der Waals surface area contributed by atoms with Crippen molar-refractivity contribution in [1.29, 1.82) is 0 Å². The highest BCUT2D eigenvalue weighted by atomic mass is 19.3. The molecule has 0 spiro atoms. The van der Waals surface area contributed by atoms with E-state index in [0.717, 1.165) is 0 Å². The Labute approximate surface area is 103 Å². The second-order valence-electron chi connectivity index (χ2n) is 4.77. The van der Waals surface area contributed by atoms with Crippen LogP contribution in [0.3, 0.4) is 0 Å². The third-order valence-electron chi connectivity index (χ3n) is 3.23. The first-order valence-electron chi connectivity index (χ1n) is 5.79. The fraction of sp³-hybridized carbons (Fsp3) is 0.818. The molecule has 0 bridgehead atoms. The van der Waals surface area contributed by atoms with Crippen LogP contribution in [-0.2, 0) is 9.59 Å². The molecule has 1 amide bonds. The van der Waals surface area contributed by atoms with Crippen LogP contribution in [0.1, 0.15) is 19.8 Å². The number of carboxylic acid groups (broad SMARTS) is 1. The zero-order chi connectivity index (χ0) is 13.9. The van der Waals surface area contributed by atoms with E-state index in [1.165, 1.54) is 0 Å². The van der Waals surface area contributed by atoms with Gasteiger partial charge in [-0.3, -0.25) is 9.59 Å². The molecule has 0 aliphatic heterocycles. The molecule has 1 saturated carbocycles. The highest BCUT2D eigenvalue weighted by Crippen LogP contribution is 2.36. The number of nitrogens with one attached hydrogen (secondary N) is 1.